The summed E-state index contributed by atoms with van der Waals surface area (Å²) in [5, 5.41) is 2.17. The first-order chi connectivity index (χ1) is 11.5. The monoisotopic (exact) mass is 352 g/mol. The summed E-state index contributed by atoms with van der Waals surface area (Å²) in [6.45, 7) is 6.83. The zero-order chi connectivity index (χ0) is 17.2. The van der Waals surface area contributed by atoms with Gasteiger partial charge in [-0.2, -0.15) is 0 Å². The van der Waals surface area contributed by atoms with Gasteiger partial charge in [0.1, 0.15) is 6.61 Å². The van der Waals surface area contributed by atoms with Gasteiger partial charge in [-0.1, -0.05) is 0 Å². The Morgan fingerprint density at radius 2 is 2.38 bits per heavy atom. The molecule has 2 atom stereocenters. The summed E-state index contributed by atoms with van der Waals surface area (Å²) in [6, 6.07) is 2.19. The van der Waals surface area contributed by atoms with E-state index >= 15 is 0 Å². The van der Waals surface area contributed by atoms with Gasteiger partial charge in [0, 0.05) is 50.6 Å². The van der Waals surface area contributed by atoms with Gasteiger partial charge in [-0.25, -0.2) is 0 Å². The van der Waals surface area contributed by atoms with Crippen molar-refractivity contribution in [1.29, 1.82) is 0 Å². The number of carbonyl (C=O) groups excluding carboxylic acids is 1. The maximum Gasteiger partial charge on any atom is 0.248 e. The quantitative estimate of drug-likeness (QED) is 0.787. The Hall–Kier alpha value is -0.950. The molecule has 0 radical (unpaired) electrons. The van der Waals surface area contributed by atoms with E-state index in [-0.39, 0.29) is 24.0 Å². The number of thiophene rings is 1. The number of amides is 1. The van der Waals surface area contributed by atoms with E-state index in [4.69, 9.17) is 9.47 Å². The van der Waals surface area contributed by atoms with Crippen LogP contribution in [0.5, 0.6) is 0 Å². The van der Waals surface area contributed by atoms with E-state index in [1.807, 2.05) is 11.3 Å². The van der Waals surface area contributed by atoms with E-state index in [2.05, 4.69) is 23.3 Å². The standard InChI is InChI=1S/C18H28N2O3S/c1-14-5-9-24-15(14)10-20-7-4-16-18(12-20,6-8-23-16)13-22-11-17(21)19(2)3/h5,9,16H,4,6-8,10-13H2,1-3H3/t16-,18+/m1/s1. The van der Waals surface area contributed by atoms with Crippen LogP contribution in [-0.4, -0.2) is 68.8 Å². The fraction of sp³-hybridized carbons (Fsp3) is 0.722. The number of hydrogen-bond acceptors (Lipinski definition) is 5. The SMILES string of the molecule is Cc1ccsc1CN1CC[C@H]2OCC[C@@]2(COCC(=O)N(C)C)C1. The number of nitrogens with zero attached hydrogens (tertiary/aromatic N) is 2. The average molecular weight is 353 g/mol. The van der Waals surface area contributed by atoms with Crippen LogP contribution < -0.4 is 0 Å². The van der Waals surface area contributed by atoms with Crippen LogP contribution in [0.2, 0.25) is 0 Å². The van der Waals surface area contributed by atoms with Gasteiger partial charge in [0.2, 0.25) is 5.91 Å². The second-order valence-electron chi connectivity index (χ2n) is 7.28. The normalized spacial score (nSPS) is 27.2. The van der Waals surface area contributed by atoms with Crippen LogP contribution in [0, 0.1) is 12.3 Å². The van der Waals surface area contributed by atoms with Crippen molar-refractivity contribution in [2.75, 3.05) is 47.0 Å². The van der Waals surface area contributed by atoms with Crippen molar-refractivity contribution in [3.63, 3.8) is 0 Å². The van der Waals surface area contributed by atoms with Crippen molar-refractivity contribution < 1.29 is 14.3 Å². The predicted octanol–water partition coefficient (Wildman–Crippen LogP) is 2.14. The first-order valence-electron chi connectivity index (χ1n) is 8.65. The number of hydrogen-bond donors (Lipinski definition) is 0. The average Bonchev–Trinajstić information content (AvgIpc) is 3.13. The molecule has 24 heavy (non-hydrogen) atoms. The van der Waals surface area contributed by atoms with Gasteiger partial charge in [0.15, 0.2) is 0 Å². The summed E-state index contributed by atoms with van der Waals surface area (Å²) in [7, 11) is 3.52. The summed E-state index contributed by atoms with van der Waals surface area (Å²) < 4.78 is 11.8. The van der Waals surface area contributed by atoms with Crippen LogP contribution in [-0.2, 0) is 20.8 Å². The summed E-state index contributed by atoms with van der Waals surface area (Å²) in [4.78, 5) is 17.3. The van der Waals surface area contributed by atoms with Crippen LogP contribution >= 0.6 is 11.3 Å². The second-order valence-corrected chi connectivity index (χ2v) is 8.28. The van der Waals surface area contributed by atoms with Crippen LogP contribution in [0.15, 0.2) is 11.4 Å². The largest absolute Gasteiger partial charge is 0.377 e. The number of piperidine rings is 1. The Kier molecular flexibility index (Phi) is 5.59. The van der Waals surface area contributed by atoms with Gasteiger partial charge in [-0.15, -0.1) is 11.3 Å². The molecule has 5 nitrogen and oxygen atoms in total. The Balaban J connectivity index is 1.60. The number of carbonyl (C=O) groups is 1. The third-order valence-corrected chi connectivity index (χ3v) is 6.31. The molecule has 2 aliphatic heterocycles. The Morgan fingerprint density at radius 1 is 1.54 bits per heavy atom. The predicted molar refractivity (Wildman–Crippen MR) is 95.3 cm³/mol. The maximum absolute atomic E-state index is 11.7. The molecule has 0 unspecified atom stereocenters. The van der Waals surface area contributed by atoms with Gasteiger partial charge in [-0.05, 0) is 36.8 Å². The minimum atomic E-state index is 0.0174. The molecule has 3 rings (SSSR count). The molecular weight excluding hydrogens is 324 g/mol. The smallest absolute Gasteiger partial charge is 0.248 e. The van der Waals surface area contributed by atoms with E-state index in [0.29, 0.717) is 6.61 Å². The van der Waals surface area contributed by atoms with Gasteiger partial charge in [0.25, 0.3) is 0 Å². The van der Waals surface area contributed by atoms with Crippen LogP contribution in [0.3, 0.4) is 0 Å². The zero-order valence-electron chi connectivity index (χ0n) is 14.9. The van der Waals surface area contributed by atoms with E-state index in [1.54, 1.807) is 19.0 Å². The van der Waals surface area contributed by atoms with Crippen molar-refractivity contribution in [1.82, 2.24) is 9.80 Å². The summed E-state index contributed by atoms with van der Waals surface area (Å²) in [5.74, 6) is 0.0174. The minimum absolute atomic E-state index is 0.0174. The van der Waals surface area contributed by atoms with Crippen molar-refractivity contribution in [2.24, 2.45) is 5.41 Å². The van der Waals surface area contributed by atoms with Crippen molar-refractivity contribution in [3.05, 3.63) is 21.9 Å². The molecule has 1 aromatic heterocycles. The van der Waals surface area contributed by atoms with Gasteiger partial charge in [-0.3, -0.25) is 9.69 Å². The summed E-state index contributed by atoms with van der Waals surface area (Å²) in [6.07, 6.45) is 2.34. The molecule has 0 saturated carbocycles. The molecule has 1 aromatic rings. The van der Waals surface area contributed by atoms with Crippen LogP contribution in [0.1, 0.15) is 23.3 Å². The highest BCUT2D eigenvalue weighted by Crippen LogP contribution is 2.41. The van der Waals surface area contributed by atoms with E-state index in [9.17, 15) is 4.79 Å². The first-order valence-corrected chi connectivity index (χ1v) is 9.53. The molecular formula is C18H28N2O3S. The third-order valence-electron chi connectivity index (χ3n) is 5.30. The lowest BCUT2D eigenvalue weighted by Crippen LogP contribution is -2.51. The molecule has 134 valence electrons. The molecule has 2 saturated heterocycles. The number of aryl methyl sites for hydroxylation is 1. The van der Waals surface area contributed by atoms with Crippen LogP contribution in [0.25, 0.3) is 0 Å². The van der Waals surface area contributed by atoms with Crippen molar-refractivity contribution in [3.8, 4) is 0 Å². The molecule has 1 amide bonds. The van der Waals surface area contributed by atoms with E-state index < -0.39 is 0 Å². The summed E-state index contributed by atoms with van der Waals surface area (Å²) in [5.41, 5.74) is 1.42. The first kappa shape index (κ1) is 17.9. The fourth-order valence-electron chi connectivity index (χ4n) is 3.72. The molecule has 0 aromatic carbocycles. The molecule has 6 heteroatoms. The zero-order valence-corrected chi connectivity index (χ0v) is 15.7. The number of likely N-dealkylation sites (N-methyl/N-ethyl adjacent to an activating group) is 1. The highest BCUT2D eigenvalue weighted by atomic mass is 32.1. The highest BCUT2D eigenvalue weighted by molar-refractivity contribution is 7.10. The van der Waals surface area contributed by atoms with E-state index in [0.717, 1.165) is 39.1 Å². The Morgan fingerprint density at radius 3 is 3.08 bits per heavy atom. The van der Waals surface area contributed by atoms with E-state index in [1.165, 1.54) is 10.4 Å². The molecule has 0 bridgehead atoms. The lowest BCUT2D eigenvalue weighted by molar-refractivity contribution is -0.136. The van der Waals surface area contributed by atoms with Crippen LogP contribution in [0.4, 0.5) is 0 Å². The Labute approximate surface area is 148 Å². The maximum atomic E-state index is 11.7. The molecule has 2 aliphatic rings. The number of fused-ring (bicyclic) bond motifs is 1. The van der Waals surface area contributed by atoms with Crippen molar-refractivity contribution in [2.45, 2.75) is 32.4 Å². The molecule has 2 fully saturated rings. The van der Waals surface area contributed by atoms with Gasteiger partial charge in [0.05, 0.1) is 12.7 Å². The summed E-state index contributed by atoms with van der Waals surface area (Å²) >= 11 is 1.84. The van der Waals surface area contributed by atoms with Gasteiger partial charge < -0.3 is 14.4 Å². The Bertz CT molecular complexity index is 574. The number of ether oxygens (including phenoxy) is 2. The lowest BCUT2D eigenvalue weighted by atomic mass is 9.77. The molecule has 0 spiro atoms. The van der Waals surface area contributed by atoms with Crippen molar-refractivity contribution >= 4 is 17.2 Å². The molecule has 0 N–H and O–H groups in total. The second kappa shape index (κ2) is 7.52. The minimum Gasteiger partial charge on any atom is -0.377 e. The van der Waals surface area contributed by atoms with Gasteiger partial charge >= 0.3 is 0 Å². The number of rotatable bonds is 6. The highest BCUT2D eigenvalue weighted by Gasteiger charge is 2.48. The molecule has 3 heterocycles. The molecule has 0 aliphatic carbocycles. The topological polar surface area (TPSA) is 42.0 Å². The lowest BCUT2D eigenvalue weighted by Gasteiger charge is -2.43. The third kappa shape index (κ3) is 3.82. The fourth-order valence-corrected chi connectivity index (χ4v) is 4.67. The number of likely N-dealkylation sites (tertiary alicyclic amines) is 1.